The Balaban J connectivity index is 2.02. The molecule has 0 radical (unpaired) electrons. The number of aromatic nitrogens is 2. The smallest absolute Gasteiger partial charge is 0.337 e. The van der Waals surface area contributed by atoms with E-state index in [1.54, 1.807) is 23.0 Å². The lowest BCUT2D eigenvalue weighted by Crippen LogP contribution is -2.11. The van der Waals surface area contributed by atoms with Gasteiger partial charge in [-0.25, -0.2) is 4.79 Å². The molecule has 6 heteroatoms. The van der Waals surface area contributed by atoms with Crippen LogP contribution in [0.25, 0.3) is 0 Å². The summed E-state index contributed by atoms with van der Waals surface area (Å²) in [7, 11) is 1.88. The first-order valence-corrected chi connectivity index (χ1v) is 5.92. The predicted octanol–water partition coefficient (Wildman–Crippen LogP) is 1.36. The number of hydrogen-bond acceptors (Lipinski definition) is 4. The van der Waals surface area contributed by atoms with Gasteiger partial charge in [0.05, 0.1) is 16.9 Å². The number of carbonyl (C=O) groups is 1. The molecule has 1 heterocycles. The van der Waals surface area contributed by atoms with Gasteiger partial charge in [-0.3, -0.25) is 4.68 Å². The van der Waals surface area contributed by atoms with Crippen molar-refractivity contribution in [3.8, 4) is 0 Å². The van der Waals surface area contributed by atoms with E-state index in [-0.39, 0.29) is 11.3 Å². The summed E-state index contributed by atoms with van der Waals surface area (Å²) in [6.07, 6.45) is 2.53. The van der Waals surface area contributed by atoms with Crippen LogP contribution in [0, 0.1) is 0 Å². The zero-order chi connectivity index (χ0) is 13.8. The van der Waals surface area contributed by atoms with E-state index in [0.29, 0.717) is 12.2 Å². The summed E-state index contributed by atoms with van der Waals surface area (Å²) >= 11 is 0. The van der Waals surface area contributed by atoms with E-state index < -0.39 is 5.97 Å². The van der Waals surface area contributed by atoms with Crippen molar-refractivity contribution in [3.63, 3.8) is 0 Å². The highest BCUT2D eigenvalue weighted by Gasteiger charge is 2.10. The molecule has 0 saturated carbocycles. The Hall–Kier alpha value is -2.50. The first-order chi connectivity index (χ1) is 9.09. The highest BCUT2D eigenvalue weighted by Crippen LogP contribution is 2.22. The van der Waals surface area contributed by atoms with Gasteiger partial charge in [0.25, 0.3) is 0 Å². The fraction of sp³-hybridized carbons (Fsp3) is 0.231. The third-order valence-corrected chi connectivity index (χ3v) is 2.96. The van der Waals surface area contributed by atoms with Crippen molar-refractivity contribution in [2.75, 3.05) is 17.6 Å². The number of carboxylic acids is 1. The number of benzene rings is 1. The number of rotatable bonds is 5. The monoisotopic (exact) mass is 260 g/mol. The molecule has 0 aliphatic carbocycles. The number of nitrogens with zero attached hydrogens (tertiary/aromatic N) is 2. The fourth-order valence-corrected chi connectivity index (χ4v) is 1.88. The number of nitrogens with two attached hydrogens (primary N) is 1. The van der Waals surface area contributed by atoms with Crippen LogP contribution in [0.3, 0.4) is 0 Å². The summed E-state index contributed by atoms with van der Waals surface area (Å²) in [6, 6.07) is 6.87. The maximum Gasteiger partial charge on any atom is 0.337 e. The van der Waals surface area contributed by atoms with Gasteiger partial charge in [-0.15, -0.1) is 0 Å². The van der Waals surface area contributed by atoms with Gasteiger partial charge in [-0.05, 0) is 18.2 Å². The van der Waals surface area contributed by atoms with Crippen molar-refractivity contribution in [1.29, 1.82) is 0 Å². The van der Waals surface area contributed by atoms with Crippen molar-refractivity contribution >= 4 is 17.3 Å². The number of nitrogens with one attached hydrogen (secondary N) is 1. The van der Waals surface area contributed by atoms with E-state index in [4.69, 9.17) is 10.8 Å². The quantitative estimate of drug-likeness (QED) is 0.706. The first kappa shape index (κ1) is 12.9. The Morgan fingerprint density at radius 1 is 1.47 bits per heavy atom. The van der Waals surface area contributed by atoms with Gasteiger partial charge in [-0.2, -0.15) is 5.10 Å². The van der Waals surface area contributed by atoms with Crippen LogP contribution in [0.15, 0.2) is 30.5 Å². The molecule has 0 saturated heterocycles. The maximum absolute atomic E-state index is 11.0. The molecule has 0 spiro atoms. The van der Waals surface area contributed by atoms with Crippen LogP contribution in [0.2, 0.25) is 0 Å². The number of nitrogen functional groups attached to an aromatic ring is 1. The minimum Gasteiger partial charge on any atom is -0.478 e. The second-order valence-electron chi connectivity index (χ2n) is 4.19. The van der Waals surface area contributed by atoms with E-state index in [1.807, 2.05) is 13.1 Å². The molecule has 0 bridgehead atoms. The van der Waals surface area contributed by atoms with Crippen LogP contribution in [0.1, 0.15) is 16.1 Å². The van der Waals surface area contributed by atoms with Crippen LogP contribution in [-0.2, 0) is 13.5 Å². The average Bonchev–Trinajstić information content (AvgIpc) is 2.77. The molecule has 2 rings (SSSR count). The second kappa shape index (κ2) is 5.43. The van der Waals surface area contributed by atoms with E-state index in [9.17, 15) is 4.79 Å². The van der Waals surface area contributed by atoms with Crippen LogP contribution in [0.4, 0.5) is 11.4 Å². The van der Waals surface area contributed by atoms with E-state index in [0.717, 1.165) is 12.1 Å². The van der Waals surface area contributed by atoms with E-state index in [1.165, 1.54) is 6.07 Å². The zero-order valence-corrected chi connectivity index (χ0v) is 10.6. The van der Waals surface area contributed by atoms with Crippen LogP contribution in [-0.4, -0.2) is 27.4 Å². The third kappa shape index (κ3) is 2.85. The van der Waals surface area contributed by atoms with Gasteiger partial charge < -0.3 is 16.2 Å². The predicted molar refractivity (Wildman–Crippen MR) is 73.2 cm³/mol. The molecule has 0 unspecified atom stereocenters. The Labute approximate surface area is 110 Å². The standard InChI is InChI=1S/C13H16N4O2/c1-17-9(6-8-16-17)5-7-15-11-4-2-3-10(12(11)14)13(18)19/h2-4,6,8,15H,5,7,14H2,1H3,(H,18,19). The molecule has 1 aromatic carbocycles. The lowest BCUT2D eigenvalue weighted by atomic mass is 10.1. The maximum atomic E-state index is 11.0. The van der Waals surface area contributed by atoms with Gasteiger partial charge in [0.1, 0.15) is 0 Å². The SMILES string of the molecule is Cn1nccc1CCNc1cccc(C(=O)O)c1N. The van der Waals surface area contributed by atoms with Crippen molar-refractivity contribution in [2.24, 2.45) is 7.05 Å². The topological polar surface area (TPSA) is 93.2 Å². The highest BCUT2D eigenvalue weighted by atomic mass is 16.4. The first-order valence-electron chi connectivity index (χ1n) is 5.92. The van der Waals surface area contributed by atoms with Crippen molar-refractivity contribution in [1.82, 2.24) is 9.78 Å². The zero-order valence-electron chi connectivity index (χ0n) is 10.6. The second-order valence-corrected chi connectivity index (χ2v) is 4.19. The summed E-state index contributed by atoms with van der Waals surface area (Å²) in [5, 5.41) is 16.2. The lowest BCUT2D eigenvalue weighted by molar-refractivity contribution is 0.0698. The largest absolute Gasteiger partial charge is 0.478 e. The minimum atomic E-state index is -1.02. The van der Waals surface area contributed by atoms with Crippen LogP contribution < -0.4 is 11.1 Å². The number of aryl methyl sites for hydroxylation is 1. The van der Waals surface area contributed by atoms with Crippen molar-refractivity contribution in [2.45, 2.75) is 6.42 Å². The molecule has 100 valence electrons. The average molecular weight is 260 g/mol. The number of para-hydroxylation sites is 1. The van der Waals surface area contributed by atoms with Gasteiger partial charge in [-0.1, -0.05) is 6.07 Å². The Bertz CT molecular complexity index is 592. The Morgan fingerprint density at radius 3 is 2.89 bits per heavy atom. The number of aromatic carboxylic acids is 1. The van der Waals surface area contributed by atoms with E-state index >= 15 is 0 Å². The number of anilines is 2. The van der Waals surface area contributed by atoms with Gasteiger partial charge in [0.2, 0.25) is 0 Å². The number of hydrogen-bond donors (Lipinski definition) is 3. The lowest BCUT2D eigenvalue weighted by Gasteiger charge is -2.11. The molecule has 1 aromatic heterocycles. The molecule has 0 aliphatic heterocycles. The summed E-state index contributed by atoms with van der Waals surface area (Å²) in [6.45, 7) is 0.660. The van der Waals surface area contributed by atoms with E-state index in [2.05, 4.69) is 10.4 Å². The van der Waals surface area contributed by atoms with Crippen LogP contribution >= 0.6 is 0 Å². The molecular formula is C13H16N4O2. The molecule has 2 aromatic rings. The van der Waals surface area contributed by atoms with Crippen LogP contribution in [0.5, 0.6) is 0 Å². The Morgan fingerprint density at radius 2 is 2.26 bits per heavy atom. The van der Waals surface area contributed by atoms with Gasteiger partial charge >= 0.3 is 5.97 Å². The summed E-state index contributed by atoms with van der Waals surface area (Å²) in [5.74, 6) is -1.02. The van der Waals surface area contributed by atoms with Gasteiger partial charge in [0.15, 0.2) is 0 Å². The molecule has 0 aliphatic rings. The van der Waals surface area contributed by atoms with Crippen molar-refractivity contribution < 1.29 is 9.90 Å². The third-order valence-electron chi connectivity index (χ3n) is 2.96. The molecular weight excluding hydrogens is 244 g/mol. The van der Waals surface area contributed by atoms with Gasteiger partial charge in [0, 0.05) is 31.9 Å². The summed E-state index contributed by atoms with van der Waals surface area (Å²) in [4.78, 5) is 11.0. The molecule has 19 heavy (non-hydrogen) atoms. The molecule has 0 amide bonds. The summed E-state index contributed by atoms with van der Waals surface area (Å²) < 4.78 is 1.80. The fourth-order valence-electron chi connectivity index (χ4n) is 1.88. The summed E-state index contributed by atoms with van der Waals surface area (Å²) in [5.41, 5.74) is 7.93. The molecule has 6 nitrogen and oxygen atoms in total. The van der Waals surface area contributed by atoms with Crippen molar-refractivity contribution in [3.05, 3.63) is 41.7 Å². The Kier molecular flexibility index (Phi) is 3.70. The molecule has 0 fully saturated rings. The highest BCUT2D eigenvalue weighted by molar-refractivity contribution is 5.97. The normalized spacial score (nSPS) is 10.4. The molecule has 4 N–H and O–H groups in total. The molecule has 0 atom stereocenters. The number of carboxylic acid groups (broad SMARTS) is 1. The minimum absolute atomic E-state index is 0.116.